The number of carbonyl (C=O) groups excluding carboxylic acids is 1. The van der Waals surface area contributed by atoms with E-state index < -0.39 is 11.8 Å². The van der Waals surface area contributed by atoms with Gasteiger partial charge in [-0.05, 0) is 17.7 Å². The zero-order valence-corrected chi connectivity index (χ0v) is 11.1. The molecule has 0 amide bonds. The maximum atomic E-state index is 13.6. The molecule has 0 unspecified atom stereocenters. The Morgan fingerprint density at radius 3 is 2.52 bits per heavy atom. The van der Waals surface area contributed by atoms with Gasteiger partial charge in [-0.1, -0.05) is 48.5 Å². The van der Waals surface area contributed by atoms with Gasteiger partial charge >= 0.3 is 5.97 Å². The highest BCUT2D eigenvalue weighted by atomic mass is 19.1. The van der Waals surface area contributed by atoms with Crippen molar-refractivity contribution in [2.45, 2.75) is 6.42 Å². The van der Waals surface area contributed by atoms with Gasteiger partial charge in [0.15, 0.2) is 5.70 Å². The number of hydrogen-bond acceptors (Lipinski definition) is 3. The van der Waals surface area contributed by atoms with Gasteiger partial charge in [0.05, 0.1) is 0 Å². The van der Waals surface area contributed by atoms with Crippen molar-refractivity contribution in [3.05, 3.63) is 77.2 Å². The molecule has 0 saturated carbocycles. The number of carbonyl (C=O) groups is 1. The Morgan fingerprint density at radius 1 is 1.05 bits per heavy atom. The third-order valence-electron chi connectivity index (χ3n) is 3.06. The van der Waals surface area contributed by atoms with E-state index in [1.165, 1.54) is 12.1 Å². The van der Waals surface area contributed by atoms with Crippen molar-refractivity contribution in [2.75, 3.05) is 0 Å². The SMILES string of the molecule is O=C1OC(Cc2ccccc2)=N/C1=C\c1ccccc1F. The molecule has 0 radical (unpaired) electrons. The number of esters is 1. The Hall–Kier alpha value is -2.75. The molecule has 3 rings (SSSR count). The molecule has 0 N–H and O–H groups in total. The van der Waals surface area contributed by atoms with Gasteiger partial charge in [-0.3, -0.25) is 0 Å². The number of benzene rings is 2. The van der Waals surface area contributed by atoms with Crippen molar-refractivity contribution in [3.63, 3.8) is 0 Å². The fourth-order valence-electron chi connectivity index (χ4n) is 2.04. The number of hydrogen-bond donors (Lipinski definition) is 0. The summed E-state index contributed by atoms with van der Waals surface area (Å²) in [6.45, 7) is 0. The van der Waals surface area contributed by atoms with E-state index in [0.717, 1.165) is 5.56 Å². The molecule has 0 aliphatic carbocycles. The molecule has 0 aromatic heterocycles. The summed E-state index contributed by atoms with van der Waals surface area (Å²) in [5.74, 6) is -0.623. The fraction of sp³-hybridized carbons (Fsp3) is 0.0588. The smallest absolute Gasteiger partial charge is 0.363 e. The predicted octanol–water partition coefficient (Wildman–Crippen LogP) is 3.36. The molecule has 0 spiro atoms. The van der Waals surface area contributed by atoms with Gasteiger partial charge in [-0.25, -0.2) is 14.2 Å². The van der Waals surface area contributed by atoms with E-state index in [0.29, 0.717) is 17.9 Å². The average Bonchev–Trinajstić information content (AvgIpc) is 2.82. The topological polar surface area (TPSA) is 38.7 Å². The highest BCUT2D eigenvalue weighted by Gasteiger charge is 2.23. The molecular formula is C17H12FNO2. The molecule has 4 heteroatoms. The van der Waals surface area contributed by atoms with Gasteiger partial charge in [-0.2, -0.15) is 0 Å². The highest BCUT2D eigenvalue weighted by molar-refractivity contribution is 6.07. The second kappa shape index (κ2) is 5.71. The number of aliphatic imine (C=N–C) groups is 1. The second-order valence-corrected chi connectivity index (χ2v) is 4.61. The Bertz CT molecular complexity index is 735. The van der Waals surface area contributed by atoms with E-state index in [2.05, 4.69) is 4.99 Å². The summed E-state index contributed by atoms with van der Waals surface area (Å²) in [5, 5.41) is 0. The number of nitrogens with zero attached hydrogens (tertiary/aromatic N) is 1. The van der Waals surface area contributed by atoms with Crippen LogP contribution in [0.1, 0.15) is 11.1 Å². The maximum Gasteiger partial charge on any atom is 0.363 e. The third-order valence-corrected chi connectivity index (χ3v) is 3.06. The molecule has 21 heavy (non-hydrogen) atoms. The first kappa shape index (κ1) is 13.2. The van der Waals surface area contributed by atoms with E-state index in [-0.39, 0.29) is 5.70 Å². The number of ether oxygens (including phenoxy) is 1. The Morgan fingerprint density at radius 2 is 1.76 bits per heavy atom. The Balaban J connectivity index is 1.84. The van der Waals surface area contributed by atoms with Crippen LogP contribution in [0.5, 0.6) is 0 Å². The van der Waals surface area contributed by atoms with Gasteiger partial charge in [0.25, 0.3) is 0 Å². The number of cyclic esters (lactones) is 1. The quantitative estimate of drug-likeness (QED) is 0.639. The van der Waals surface area contributed by atoms with E-state index in [4.69, 9.17) is 4.74 Å². The van der Waals surface area contributed by atoms with Crippen LogP contribution < -0.4 is 0 Å². The fourth-order valence-corrected chi connectivity index (χ4v) is 2.04. The maximum absolute atomic E-state index is 13.6. The lowest BCUT2D eigenvalue weighted by Crippen LogP contribution is -2.06. The minimum Gasteiger partial charge on any atom is -0.406 e. The van der Waals surface area contributed by atoms with Crippen LogP contribution in [0.15, 0.2) is 65.3 Å². The van der Waals surface area contributed by atoms with Crippen LogP contribution in [-0.2, 0) is 16.0 Å². The monoisotopic (exact) mass is 281 g/mol. The summed E-state index contributed by atoms with van der Waals surface area (Å²) in [7, 11) is 0. The van der Waals surface area contributed by atoms with Crippen LogP contribution in [0.4, 0.5) is 4.39 Å². The molecule has 2 aromatic carbocycles. The van der Waals surface area contributed by atoms with Crippen LogP contribution in [0.3, 0.4) is 0 Å². The van der Waals surface area contributed by atoms with Crippen LogP contribution in [0, 0.1) is 5.82 Å². The average molecular weight is 281 g/mol. The molecule has 2 aromatic rings. The number of halogens is 1. The first-order valence-electron chi connectivity index (χ1n) is 6.52. The van der Waals surface area contributed by atoms with Crippen molar-refractivity contribution in [1.82, 2.24) is 0 Å². The van der Waals surface area contributed by atoms with Gasteiger partial charge in [0.2, 0.25) is 5.90 Å². The molecule has 0 bridgehead atoms. The van der Waals surface area contributed by atoms with Gasteiger partial charge in [0.1, 0.15) is 5.82 Å². The van der Waals surface area contributed by atoms with Crippen molar-refractivity contribution in [3.8, 4) is 0 Å². The first-order valence-corrected chi connectivity index (χ1v) is 6.52. The van der Waals surface area contributed by atoms with Gasteiger partial charge < -0.3 is 4.74 Å². The first-order chi connectivity index (χ1) is 10.2. The summed E-state index contributed by atoms with van der Waals surface area (Å²) in [6.07, 6.45) is 1.83. The molecule has 0 atom stereocenters. The molecule has 1 aliphatic rings. The van der Waals surface area contributed by atoms with E-state index >= 15 is 0 Å². The van der Waals surface area contributed by atoms with Crippen LogP contribution in [0.2, 0.25) is 0 Å². The number of rotatable bonds is 3. The van der Waals surface area contributed by atoms with E-state index in [9.17, 15) is 9.18 Å². The zero-order valence-electron chi connectivity index (χ0n) is 11.1. The van der Waals surface area contributed by atoms with E-state index in [1.54, 1.807) is 18.2 Å². The van der Waals surface area contributed by atoms with Crippen LogP contribution in [-0.4, -0.2) is 11.9 Å². The summed E-state index contributed by atoms with van der Waals surface area (Å²) in [6, 6.07) is 15.8. The van der Waals surface area contributed by atoms with Gasteiger partial charge in [0, 0.05) is 12.0 Å². The molecule has 1 aliphatic heterocycles. The Labute approximate surface area is 121 Å². The molecular weight excluding hydrogens is 269 g/mol. The molecule has 0 fully saturated rings. The predicted molar refractivity (Wildman–Crippen MR) is 78.1 cm³/mol. The summed E-state index contributed by atoms with van der Waals surface area (Å²) in [4.78, 5) is 15.9. The zero-order chi connectivity index (χ0) is 14.7. The lowest BCUT2D eigenvalue weighted by molar-refractivity contribution is -0.130. The lowest BCUT2D eigenvalue weighted by atomic mass is 10.1. The van der Waals surface area contributed by atoms with E-state index in [1.807, 2.05) is 30.3 Å². The molecule has 3 nitrogen and oxygen atoms in total. The van der Waals surface area contributed by atoms with Crippen LogP contribution >= 0.6 is 0 Å². The molecule has 0 saturated heterocycles. The van der Waals surface area contributed by atoms with Crippen molar-refractivity contribution >= 4 is 17.9 Å². The van der Waals surface area contributed by atoms with Crippen LogP contribution in [0.25, 0.3) is 6.08 Å². The normalized spacial score (nSPS) is 16.0. The van der Waals surface area contributed by atoms with Gasteiger partial charge in [-0.15, -0.1) is 0 Å². The lowest BCUT2D eigenvalue weighted by Gasteiger charge is -1.98. The Kier molecular flexibility index (Phi) is 3.60. The van der Waals surface area contributed by atoms with Crippen molar-refractivity contribution in [1.29, 1.82) is 0 Å². The third kappa shape index (κ3) is 3.05. The minimum absolute atomic E-state index is 0.117. The highest BCUT2D eigenvalue weighted by Crippen LogP contribution is 2.18. The largest absolute Gasteiger partial charge is 0.406 e. The summed E-state index contributed by atoms with van der Waals surface area (Å²) in [5.41, 5.74) is 1.43. The second-order valence-electron chi connectivity index (χ2n) is 4.61. The summed E-state index contributed by atoms with van der Waals surface area (Å²) >= 11 is 0. The van der Waals surface area contributed by atoms with Crippen molar-refractivity contribution < 1.29 is 13.9 Å². The minimum atomic E-state index is -0.552. The molecule has 104 valence electrons. The molecule has 1 heterocycles. The standard InChI is InChI=1S/C17H12FNO2/c18-14-9-5-4-8-13(14)11-15-17(20)21-16(19-15)10-12-6-2-1-3-7-12/h1-9,11H,10H2/b15-11-. The van der Waals surface area contributed by atoms with Crippen molar-refractivity contribution in [2.24, 2.45) is 4.99 Å². The summed E-state index contributed by atoms with van der Waals surface area (Å²) < 4.78 is 18.7.